The molecule has 4 nitrogen and oxygen atoms in total. The molecular formula is C15H24ClN3O. The average Bonchev–Trinajstić information content (AvgIpc) is 2.70. The number of hydrogen-bond acceptors (Lipinski definition) is 2. The third-order valence-electron chi connectivity index (χ3n) is 3.30. The minimum Gasteiger partial charge on any atom is -0.340 e. The summed E-state index contributed by atoms with van der Waals surface area (Å²) in [6.07, 6.45) is 5.49. The molecule has 0 unspecified atom stereocenters. The van der Waals surface area contributed by atoms with Crippen molar-refractivity contribution >= 4 is 23.6 Å². The molecule has 1 amide bonds. The molecule has 1 aromatic rings. The van der Waals surface area contributed by atoms with Crippen LogP contribution in [0.25, 0.3) is 6.08 Å². The van der Waals surface area contributed by atoms with Crippen LogP contribution in [0.2, 0.25) is 5.15 Å². The van der Waals surface area contributed by atoms with Crippen molar-refractivity contribution in [2.75, 3.05) is 13.1 Å². The van der Waals surface area contributed by atoms with Crippen molar-refractivity contribution in [3.8, 4) is 0 Å². The lowest BCUT2D eigenvalue weighted by Gasteiger charge is -2.15. The fourth-order valence-corrected chi connectivity index (χ4v) is 2.33. The van der Waals surface area contributed by atoms with Crippen molar-refractivity contribution in [1.29, 1.82) is 0 Å². The monoisotopic (exact) mass is 297 g/mol. The Balaban J connectivity index is 2.87. The van der Waals surface area contributed by atoms with E-state index in [1.54, 1.807) is 17.1 Å². The van der Waals surface area contributed by atoms with Gasteiger partial charge in [-0.15, -0.1) is 0 Å². The Kier molecular flexibility index (Phi) is 6.79. The number of carbonyl (C=O) groups is 1. The normalized spacial score (nSPS) is 11.2. The molecule has 0 fully saturated rings. The first-order valence-corrected chi connectivity index (χ1v) is 7.62. The van der Waals surface area contributed by atoms with Crippen LogP contribution in [0.5, 0.6) is 0 Å². The van der Waals surface area contributed by atoms with Crippen molar-refractivity contribution in [3.05, 3.63) is 22.5 Å². The zero-order valence-electron chi connectivity index (χ0n) is 12.8. The van der Waals surface area contributed by atoms with Gasteiger partial charge in [0.15, 0.2) is 0 Å². The van der Waals surface area contributed by atoms with E-state index in [0.29, 0.717) is 18.2 Å². The molecule has 0 N–H and O–H groups in total. The van der Waals surface area contributed by atoms with E-state index in [9.17, 15) is 4.79 Å². The van der Waals surface area contributed by atoms with Crippen molar-refractivity contribution < 1.29 is 4.79 Å². The van der Waals surface area contributed by atoms with Crippen LogP contribution in [-0.2, 0) is 11.3 Å². The molecule has 1 aromatic heterocycles. The molecule has 1 heterocycles. The van der Waals surface area contributed by atoms with Gasteiger partial charge in [-0.3, -0.25) is 9.48 Å². The smallest absolute Gasteiger partial charge is 0.246 e. The van der Waals surface area contributed by atoms with Crippen molar-refractivity contribution in [3.63, 3.8) is 0 Å². The van der Waals surface area contributed by atoms with Crippen LogP contribution < -0.4 is 0 Å². The maximum absolute atomic E-state index is 11.9. The number of aromatic nitrogens is 2. The Morgan fingerprint density at radius 1 is 1.35 bits per heavy atom. The largest absolute Gasteiger partial charge is 0.340 e. The van der Waals surface area contributed by atoms with Gasteiger partial charge in [0, 0.05) is 31.3 Å². The maximum atomic E-state index is 11.9. The van der Waals surface area contributed by atoms with Gasteiger partial charge in [0.2, 0.25) is 5.91 Å². The van der Waals surface area contributed by atoms with Gasteiger partial charge in [-0.1, -0.05) is 24.9 Å². The Labute approximate surface area is 126 Å². The number of carbonyl (C=O) groups excluding carboxylic acids is 1. The highest BCUT2D eigenvalue weighted by molar-refractivity contribution is 6.31. The lowest BCUT2D eigenvalue weighted by Crippen LogP contribution is -2.28. The molecule has 0 aliphatic rings. The van der Waals surface area contributed by atoms with E-state index in [1.165, 1.54) is 0 Å². The number of rotatable bonds is 7. The predicted octanol–water partition coefficient (Wildman–Crippen LogP) is 3.53. The second-order valence-electron chi connectivity index (χ2n) is 4.71. The first kappa shape index (κ1) is 16.8. The van der Waals surface area contributed by atoms with Gasteiger partial charge in [0.05, 0.1) is 5.69 Å². The highest BCUT2D eigenvalue weighted by Crippen LogP contribution is 2.21. The first-order valence-electron chi connectivity index (χ1n) is 7.24. The molecule has 0 aliphatic heterocycles. The molecule has 5 heteroatoms. The molecule has 0 saturated carbocycles. The van der Waals surface area contributed by atoms with Crippen LogP contribution in [0.1, 0.15) is 44.9 Å². The summed E-state index contributed by atoms with van der Waals surface area (Å²) in [5.74, 6) is 0.00627. The summed E-state index contributed by atoms with van der Waals surface area (Å²) < 4.78 is 1.81. The van der Waals surface area contributed by atoms with Gasteiger partial charge < -0.3 is 4.90 Å². The molecule has 0 aliphatic carbocycles. The van der Waals surface area contributed by atoms with E-state index in [4.69, 9.17) is 11.6 Å². The first-order chi connectivity index (χ1) is 9.54. The van der Waals surface area contributed by atoms with Crippen molar-refractivity contribution in [2.24, 2.45) is 0 Å². The van der Waals surface area contributed by atoms with Gasteiger partial charge in [-0.25, -0.2) is 0 Å². The topological polar surface area (TPSA) is 38.1 Å². The van der Waals surface area contributed by atoms with Gasteiger partial charge in [0.25, 0.3) is 0 Å². The zero-order valence-corrected chi connectivity index (χ0v) is 13.6. The van der Waals surface area contributed by atoms with Crippen LogP contribution in [0.4, 0.5) is 0 Å². The summed E-state index contributed by atoms with van der Waals surface area (Å²) in [4.78, 5) is 13.7. The van der Waals surface area contributed by atoms with E-state index in [1.807, 2.05) is 25.5 Å². The van der Waals surface area contributed by atoms with Crippen molar-refractivity contribution in [1.82, 2.24) is 14.7 Å². The number of likely N-dealkylation sites (N-methyl/N-ethyl adjacent to an activating group) is 1. The Hall–Kier alpha value is -1.29. The lowest BCUT2D eigenvalue weighted by atomic mass is 10.2. The second-order valence-corrected chi connectivity index (χ2v) is 5.07. The minimum absolute atomic E-state index is 0.00627. The lowest BCUT2D eigenvalue weighted by molar-refractivity contribution is -0.125. The SMILES string of the molecule is CCCCn1nc(C)c(/C=C/C(=O)N(CC)CC)c1Cl. The summed E-state index contributed by atoms with van der Waals surface area (Å²) in [6.45, 7) is 10.2. The Morgan fingerprint density at radius 3 is 2.55 bits per heavy atom. The third kappa shape index (κ3) is 4.10. The van der Waals surface area contributed by atoms with E-state index < -0.39 is 0 Å². The number of amides is 1. The standard InChI is InChI=1S/C15H24ClN3O/c1-5-8-11-19-15(16)13(12(4)17-19)9-10-14(20)18(6-2)7-3/h9-10H,5-8,11H2,1-4H3/b10-9+. The fraction of sp³-hybridized carbons (Fsp3) is 0.600. The van der Waals surface area contributed by atoms with Crippen LogP contribution in [-0.4, -0.2) is 33.7 Å². The maximum Gasteiger partial charge on any atom is 0.246 e. The summed E-state index contributed by atoms with van der Waals surface area (Å²) >= 11 is 6.32. The van der Waals surface area contributed by atoms with E-state index in [2.05, 4.69) is 12.0 Å². The second kappa shape index (κ2) is 8.10. The molecule has 0 atom stereocenters. The van der Waals surface area contributed by atoms with E-state index in [0.717, 1.165) is 30.6 Å². The van der Waals surface area contributed by atoms with Gasteiger partial charge in [0.1, 0.15) is 5.15 Å². The molecule has 0 saturated heterocycles. The molecule has 20 heavy (non-hydrogen) atoms. The summed E-state index contributed by atoms with van der Waals surface area (Å²) in [5.41, 5.74) is 1.69. The quantitative estimate of drug-likeness (QED) is 0.722. The third-order valence-corrected chi connectivity index (χ3v) is 3.70. The molecule has 1 rings (SSSR count). The highest BCUT2D eigenvalue weighted by atomic mass is 35.5. The summed E-state index contributed by atoms with van der Waals surface area (Å²) in [5, 5.41) is 5.03. The Morgan fingerprint density at radius 2 is 2.00 bits per heavy atom. The van der Waals surface area contributed by atoms with E-state index in [-0.39, 0.29) is 5.91 Å². The fourth-order valence-electron chi connectivity index (χ4n) is 2.01. The van der Waals surface area contributed by atoms with Crippen LogP contribution >= 0.6 is 11.6 Å². The van der Waals surface area contributed by atoms with Gasteiger partial charge >= 0.3 is 0 Å². The average molecular weight is 298 g/mol. The zero-order chi connectivity index (χ0) is 15.1. The van der Waals surface area contributed by atoms with Crippen LogP contribution in [0, 0.1) is 6.92 Å². The van der Waals surface area contributed by atoms with E-state index >= 15 is 0 Å². The minimum atomic E-state index is 0.00627. The summed E-state index contributed by atoms with van der Waals surface area (Å²) in [7, 11) is 0. The molecule has 0 radical (unpaired) electrons. The van der Waals surface area contributed by atoms with Crippen molar-refractivity contribution in [2.45, 2.75) is 47.1 Å². The van der Waals surface area contributed by atoms with Crippen LogP contribution in [0.3, 0.4) is 0 Å². The number of halogens is 1. The molecule has 0 aromatic carbocycles. The molecule has 0 bridgehead atoms. The highest BCUT2D eigenvalue weighted by Gasteiger charge is 2.12. The molecular weight excluding hydrogens is 274 g/mol. The van der Waals surface area contributed by atoms with Gasteiger partial charge in [-0.05, 0) is 33.3 Å². The predicted molar refractivity (Wildman–Crippen MR) is 83.8 cm³/mol. The number of nitrogens with zero attached hydrogens (tertiary/aromatic N) is 3. The number of aryl methyl sites for hydroxylation is 2. The molecule has 0 spiro atoms. The van der Waals surface area contributed by atoms with Gasteiger partial charge in [-0.2, -0.15) is 5.10 Å². The number of hydrogen-bond donors (Lipinski definition) is 0. The molecule has 112 valence electrons. The van der Waals surface area contributed by atoms with Crippen LogP contribution in [0.15, 0.2) is 6.08 Å². The number of unbranched alkanes of at least 4 members (excludes halogenated alkanes) is 1. The Bertz CT molecular complexity index is 476. The summed E-state index contributed by atoms with van der Waals surface area (Å²) in [6, 6.07) is 0.